The maximum Gasteiger partial charge on any atom is 0.277 e. The molecule has 0 spiro atoms. The number of H-pyrrole nitrogens is 1. The van der Waals surface area contributed by atoms with Gasteiger partial charge >= 0.3 is 0 Å². The van der Waals surface area contributed by atoms with E-state index in [1.807, 2.05) is 6.92 Å². The van der Waals surface area contributed by atoms with Gasteiger partial charge in [0.1, 0.15) is 11.6 Å². The van der Waals surface area contributed by atoms with Gasteiger partial charge in [0.05, 0.1) is 33.5 Å². The molecule has 4 aromatic rings. The second kappa shape index (κ2) is 11.1. The number of sulfonamides is 1. The lowest BCUT2D eigenvalue weighted by atomic mass is 10.2. The zero-order valence-corrected chi connectivity index (χ0v) is 23.0. The van der Waals surface area contributed by atoms with Crippen LogP contribution < -0.4 is 15.0 Å². The summed E-state index contributed by atoms with van der Waals surface area (Å²) in [5.41, 5.74) is 1.01. The Morgan fingerprint density at radius 3 is 2.62 bits per heavy atom. The topological polar surface area (TPSA) is 118 Å². The van der Waals surface area contributed by atoms with Gasteiger partial charge in [-0.25, -0.2) is 17.9 Å². The molecule has 0 aliphatic heterocycles. The van der Waals surface area contributed by atoms with Gasteiger partial charge < -0.3 is 9.72 Å². The molecule has 0 bridgehead atoms. The number of hydrogen-bond donors (Lipinski definition) is 2. The van der Waals surface area contributed by atoms with Gasteiger partial charge in [0, 0.05) is 11.4 Å². The number of nitrogens with zero attached hydrogens (tertiary/aromatic N) is 3. The summed E-state index contributed by atoms with van der Waals surface area (Å²) in [7, 11) is -4.07. The van der Waals surface area contributed by atoms with Crippen molar-refractivity contribution in [2.75, 3.05) is 11.3 Å². The lowest BCUT2D eigenvalue weighted by Crippen LogP contribution is -2.17. The van der Waals surface area contributed by atoms with Crippen LogP contribution in [0.5, 0.6) is 5.75 Å². The molecule has 0 radical (unpaired) electrons. The normalized spacial score (nSPS) is 11.7. The number of aromatic nitrogens is 4. The van der Waals surface area contributed by atoms with Crippen molar-refractivity contribution in [1.82, 2.24) is 19.6 Å². The molecule has 0 amide bonds. The molecule has 0 fully saturated rings. The van der Waals surface area contributed by atoms with Crippen LogP contribution in [-0.4, -0.2) is 34.6 Å². The largest absolute Gasteiger partial charge is 0.493 e. The van der Waals surface area contributed by atoms with Gasteiger partial charge in [-0.3, -0.25) is 9.52 Å². The first-order chi connectivity index (χ1) is 17.6. The summed E-state index contributed by atoms with van der Waals surface area (Å²) >= 11 is 12.2. The number of halogens is 2. The predicted molar refractivity (Wildman–Crippen MR) is 145 cm³/mol. The average molecular weight is 564 g/mol. The number of rotatable bonds is 10. The van der Waals surface area contributed by atoms with E-state index in [0.29, 0.717) is 46.4 Å². The highest BCUT2D eigenvalue weighted by Gasteiger charge is 2.22. The van der Waals surface area contributed by atoms with Crippen molar-refractivity contribution in [3.63, 3.8) is 0 Å². The van der Waals surface area contributed by atoms with Gasteiger partial charge in [0.25, 0.3) is 15.6 Å². The van der Waals surface area contributed by atoms with Crippen LogP contribution >= 0.6 is 23.2 Å². The molecule has 0 aliphatic carbocycles. The van der Waals surface area contributed by atoms with E-state index in [-0.39, 0.29) is 27.0 Å². The maximum atomic E-state index is 13.2. The van der Waals surface area contributed by atoms with E-state index < -0.39 is 10.0 Å². The van der Waals surface area contributed by atoms with Gasteiger partial charge in [-0.1, -0.05) is 43.0 Å². The minimum atomic E-state index is -4.07. The number of ether oxygens (including phenoxy) is 1. The molecule has 2 N–H and O–H groups in total. The number of hydrogen-bond acceptors (Lipinski definition) is 6. The van der Waals surface area contributed by atoms with Crippen molar-refractivity contribution in [1.29, 1.82) is 0 Å². The molecule has 9 nitrogen and oxygen atoms in total. The van der Waals surface area contributed by atoms with Crippen LogP contribution in [0.25, 0.3) is 16.9 Å². The molecule has 12 heteroatoms. The summed E-state index contributed by atoms with van der Waals surface area (Å²) in [5.74, 6) is 1.20. The number of aromatic amines is 1. The molecule has 0 aliphatic rings. The molecule has 2 aromatic heterocycles. The van der Waals surface area contributed by atoms with E-state index in [4.69, 9.17) is 27.9 Å². The summed E-state index contributed by atoms with van der Waals surface area (Å²) in [6.07, 6.45) is 3.65. The summed E-state index contributed by atoms with van der Waals surface area (Å²) in [6.45, 7) is 6.01. The van der Waals surface area contributed by atoms with Gasteiger partial charge in [-0.15, -0.1) is 5.10 Å². The Morgan fingerprint density at radius 1 is 1.11 bits per heavy atom. The molecule has 2 heterocycles. The van der Waals surface area contributed by atoms with Crippen molar-refractivity contribution in [3.8, 4) is 17.1 Å². The first-order valence-corrected chi connectivity index (χ1v) is 14.1. The Morgan fingerprint density at radius 2 is 1.89 bits per heavy atom. The molecule has 37 heavy (non-hydrogen) atoms. The zero-order chi connectivity index (χ0) is 26.7. The minimum Gasteiger partial charge on any atom is -0.493 e. The summed E-state index contributed by atoms with van der Waals surface area (Å²) in [5, 5.41) is 5.17. The van der Waals surface area contributed by atoms with Crippen LogP contribution in [0, 0.1) is 6.92 Å². The fraction of sp³-hybridized carbons (Fsp3) is 0.320. The van der Waals surface area contributed by atoms with Crippen LogP contribution in [0.4, 0.5) is 5.69 Å². The molecule has 0 saturated heterocycles. The number of aryl methyl sites for hydroxylation is 2. The van der Waals surface area contributed by atoms with Crippen LogP contribution in [0.1, 0.15) is 44.6 Å². The van der Waals surface area contributed by atoms with Crippen molar-refractivity contribution in [2.45, 2.75) is 51.3 Å². The third-order valence-electron chi connectivity index (χ3n) is 5.74. The number of imidazole rings is 1. The highest BCUT2D eigenvalue weighted by atomic mass is 35.5. The monoisotopic (exact) mass is 563 g/mol. The third-order valence-corrected chi connectivity index (χ3v) is 7.66. The number of fused-ring (bicyclic) bond motifs is 1. The molecule has 2 aromatic carbocycles. The molecule has 196 valence electrons. The predicted octanol–water partition coefficient (Wildman–Crippen LogP) is 5.63. The number of benzene rings is 2. The van der Waals surface area contributed by atoms with Gasteiger partial charge in [-0.05, 0) is 56.7 Å². The smallest absolute Gasteiger partial charge is 0.277 e. The van der Waals surface area contributed by atoms with Gasteiger partial charge in [-0.2, -0.15) is 0 Å². The van der Waals surface area contributed by atoms with Crippen LogP contribution in [0.15, 0.2) is 46.1 Å². The second-order valence-electron chi connectivity index (χ2n) is 8.45. The Hall–Kier alpha value is -3.08. The van der Waals surface area contributed by atoms with Crippen LogP contribution in [-0.2, 0) is 16.4 Å². The lowest BCUT2D eigenvalue weighted by molar-refractivity contribution is 0.341. The fourth-order valence-corrected chi connectivity index (χ4v) is 5.46. The highest BCUT2D eigenvalue weighted by Crippen LogP contribution is 2.32. The fourth-order valence-electron chi connectivity index (χ4n) is 3.97. The van der Waals surface area contributed by atoms with E-state index in [0.717, 1.165) is 19.3 Å². The maximum absolute atomic E-state index is 13.2. The zero-order valence-electron chi connectivity index (χ0n) is 20.6. The Balaban J connectivity index is 1.83. The first kappa shape index (κ1) is 27.0. The van der Waals surface area contributed by atoms with E-state index in [1.165, 1.54) is 30.3 Å². The molecule has 0 unspecified atom stereocenters. The first-order valence-electron chi connectivity index (χ1n) is 11.9. The molecular weight excluding hydrogens is 537 g/mol. The van der Waals surface area contributed by atoms with E-state index in [2.05, 4.69) is 26.7 Å². The highest BCUT2D eigenvalue weighted by molar-refractivity contribution is 7.92. The molecular formula is C25H27Cl2N5O4S. The van der Waals surface area contributed by atoms with Crippen LogP contribution in [0.3, 0.4) is 0 Å². The van der Waals surface area contributed by atoms with Crippen molar-refractivity contribution in [2.24, 2.45) is 0 Å². The standard InChI is InChI=1S/C25H27Cl2N5O4S/c1-4-6-7-8-22-28-15(3)23-25(33)29-24(30-32(22)23)18-14-17(10-12-21(18)36-5-2)37(34,35)31-20-13-16(26)9-11-19(20)27/h9-14,31H,4-8H2,1-3H3,(H,29,30,33). The molecule has 4 rings (SSSR count). The summed E-state index contributed by atoms with van der Waals surface area (Å²) in [4.78, 5) is 20.3. The van der Waals surface area contributed by atoms with Gasteiger partial charge in [0.2, 0.25) is 0 Å². The van der Waals surface area contributed by atoms with E-state index in [9.17, 15) is 13.2 Å². The third kappa shape index (κ3) is 5.76. The van der Waals surface area contributed by atoms with E-state index >= 15 is 0 Å². The lowest BCUT2D eigenvalue weighted by Gasteiger charge is -2.14. The number of nitrogens with one attached hydrogen (secondary N) is 2. The number of anilines is 1. The van der Waals surface area contributed by atoms with Gasteiger partial charge in [0.15, 0.2) is 11.3 Å². The van der Waals surface area contributed by atoms with Crippen molar-refractivity contribution < 1.29 is 13.2 Å². The Bertz CT molecular complexity index is 1620. The molecule has 0 atom stereocenters. The Kier molecular flexibility index (Phi) is 8.11. The average Bonchev–Trinajstić information content (AvgIpc) is 3.17. The van der Waals surface area contributed by atoms with Crippen LogP contribution in [0.2, 0.25) is 10.0 Å². The quantitative estimate of drug-likeness (QED) is 0.241. The second-order valence-corrected chi connectivity index (χ2v) is 11.0. The Labute approximate surface area is 224 Å². The van der Waals surface area contributed by atoms with E-state index in [1.54, 1.807) is 17.5 Å². The molecule has 0 saturated carbocycles. The SMILES string of the molecule is CCCCCc1nc(C)c2c(=O)[nH]c(-c3cc(S(=O)(=O)Nc4cc(Cl)ccc4Cl)ccc3OCC)nn12. The van der Waals surface area contributed by atoms with Crippen molar-refractivity contribution >= 4 is 44.4 Å². The number of unbranched alkanes of at least 4 members (excludes halogenated alkanes) is 2. The summed E-state index contributed by atoms with van der Waals surface area (Å²) in [6, 6.07) is 8.81. The van der Waals surface area contributed by atoms with Crippen molar-refractivity contribution in [3.05, 3.63) is 68.3 Å². The minimum absolute atomic E-state index is 0.0743. The summed E-state index contributed by atoms with van der Waals surface area (Å²) < 4.78 is 36.2.